The second kappa shape index (κ2) is 12.9. The summed E-state index contributed by atoms with van der Waals surface area (Å²) in [5.74, 6) is 0.761. The van der Waals surface area contributed by atoms with Crippen LogP contribution in [0, 0.1) is 0 Å². The molecule has 1 aliphatic rings. The van der Waals surface area contributed by atoms with Crippen molar-refractivity contribution in [2.75, 3.05) is 39.8 Å². The van der Waals surface area contributed by atoms with Gasteiger partial charge in [-0.25, -0.2) is 0 Å². The van der Waals surface area contributed by atoms with Crippen LogP contribution in [-0.4, -0.2) is 62.6 Å². The molecule has 7 heteroatoms. The molecule has 146 valence electrons. The van der Waals surface area contributed by atoms with E-state index in [1.54, 1.807) is 7.05 Å². The van der Waals surface area contributed by atoms with Gasteiger partial charge in [-0.05, 0) is 37.9 Å². The third kappa shape index (κ3) is 7.90. The van der Waals surface area contributed by atoms with Gasteiger partial charge in [0.1, 0.15) is 0 Å². The number of likely N-dealkylation sites (tertiary alicyclic amines) is 1. The van der Waals surface area contributed by atoms with Crippen LogP contribution in [0.2, 0.25) is 0 Å². The van der Waals surface area contributed by atoms with Gasteiger partial charge in [-0.15, -0.1) is 24.0 Å². The minimum Gasteiger partial charge on any atom is -0.355 e. The lowest BCUT2D eigenvalue weighted by atomic mass is 10.1. The van der Waals surface area contributed by atoms with Gasteiger partial charge >= 0.3 is 0 Å². The monoisotopic (exact) mass is 473 g/mol. The van der Waals surface area contributed by atoms with Gasteiger partial charge in [0.15, 0.2) is 5.96 Å². The average molecular weight is 473 g/mol. The number of amides is 1. The van der Waals surface area contributed by atoms with Gasteiger partial charge in [-0.3, -0.25) is 9.79 Å². The fourth-order valence-electron chi connectivity index (χ4n) is 3.05. The van der Waals surface area contributed by atoms with E-state index in [9.17, 15) is 4.79 Å². The van der Waals surface area contributed by atoms with Gasteiger partial charge in [0.05, 0.1) is 0 Å². The number of hydrogen-bond acceptors (Lipinski definition) is 3. The second-order valence-corrected chi connectivity index (χ2v) is 6.38. The SMILES string of the molecule is CCCN1CCC(NC(=NC)NCCNC(=O)c2ccccc2)CC1.I. The molecule has 1 fully saturated rings. The summed E-state index contributed by atoms with van der Waals surface area (Å²) in [5.41, 5.74) is 0.684. The standard InChI is InChI=1S/C19H31N5O.HI/c1-3-13-24-14-9-17(10-15-24)23-19(20-2)22-12-11-21-18(25)16-7-5-4-6-8-16;/h4-8,17H,3,9-15H2,1-2H3,(H,21,25)(H2,20,22,23);1H. The summed E-state index contributed by atoms with van der Waals surface area (Å²) in [4.78, 5) is 18.8. The second-order valence-electron chi connectivity index (χ2n) is 6.38. The summed E-state index contributed by atoms with van der Waals surface area (Å²) in [7, 11) is 1.78. The summed E-state index contributed by atoms with van der Waals surface area (Å²) in [6.45, 7) is 6.93. The number of aliphatic imine (C=N–C) groups is 1. The van der Waals surface area contributed by atoms with Crippen molar-refractivity contribution in [1.29, 1.82) is 0 Å². The van der Waals surface area contributed by atoms with Gasteiger partial charge in [0, 0.05) is 44.8 Å². The molecule has 3 N–H and O–H groups in total. The number of guanidine groups is 1. The first-order valence-electron chi connectivity index (χ1n) is 9.25. The summed E-state index contributed by atoms with van der Waals surface area (Å²) in [5, 5.41) is 9.67. The topological polar surface area (TPSA) is 68.8 Å². The zero-order valence-corrected chi connectivity index (χ0v) is 18.2. The van der Waals surface area contributed by atoms with Crippen LogP contribution in [0.3, 0.4) is 0 Å². The van der Waals surface area contributed by atoms with Gasteiger partial charge in [0.25, 0.3) is 5.91 Å². The molecule has 0 aliphatic carbocycles. The number of benzene rings is 1. The highest BCUT2D eigenvalue weighted by Crippen LogP contribution is 2.10. The molecule has 0 radical (unpaired) electrons. The molecule has 1 amide bonds. The van der Waals surface area contributed by atoms with Crippen LogP contribution >= 0.6 is 24.0 Å². The Hall–Kier alpha value is -1.35. The molecule has 0 bridgehead atoms. The van der Waals surface area contributed by atoms with E-state index < -0.39 is 0 Å². The Morgan fingerprint density at radius 3 is 2.42 bits per heavy atom. The Kier molecular flexibility index (Phi) is 11.3. The maximum absolute atomic E-state index is 12.0. The van der Waals surface area contributed by atoms with Gasteiger partial charge in [-0.1, -0.05) is 25.1 Å². The largest absolute Gasteiger partial charge is 0.355 e. The Bertz CT molecular complexity index is 544. The summed E-state index contributed by atoms with van der Waals surface area (Å²) in [6.07, 6.45) is 3.51. The number of nitrogens with zero attached hydrogens (tertiary/aromatic N) is 2. The van der Waals surface area contributed by atoms with Crippen LogP contribution in [0.4, 0.5) is 0 Å². The highest BCUT2D eigenvalue weighted by molar-refractivity contribution is 14.0. The molecule has 0 spiro atoms. The lowest BCUT2D eigenvalue weighted by molar-refractivity contribution is 0.0954. The summed E-state index contributed by atoms with van der Waals surface area (Å²) < 4.78 is 0. The minimum atomic E-state index is -0.0476. The first kappa shape index (κ1) is 22.7. The van der Waals surface area contributed by atoms with Crippen molar-refractivity contribution in [1.82, 2.24) is 20.9 Å². The number of hydrogen-bond donors (Lipinski definition) is 3. The molecule has 2 rings (SSSR count). The summed E-state index contributed by atoms with van der Waals surface area (Å²) in [6, 6.07) is 9.73. The molecule has 26 heavy (non-hydrogen) atoms. The molecule has 0 saturated carbocycles. The number of carbonyl (C=O) groups is 1. The van der Waals surface area contributed by atoms with Crippen molar-refractivity contribution < 1.29 is 4.79 Å². The van der Waals surface area contributed by atoms with E-state index in [0.717, 1.165) is 31.9 Å². The van der Waals surface area contributed by atoms with Crippen LogP contribution in [0.15, 0.2) is 35.3 Å². The van der Waals surface area contributed by atoms with E-state index >= 15 is 0 Å². The third-order valence-corrected chi connectivity index (χ3v) is 4.43. The molecular formula is C19H32IN5O. The fourth-order valence-corrected chi connectivity index (χ4v) is 3.05. The molecule has 0 aromatic heterocycles. The molecule has 6 nitrogen and oxygen atoms in total. The molecule has 0 atom stereocenters. The molecular weight excluding hydrogens is 441 g/mol. The van der Waals surface area contributed by atoms with E-state index in [4.69, 9.17) is 0 Å². The van der Waals surface area contributed by atoms with E-state index in [1.165, 1.54) is 13.0 Å². The van der Waals surface area contributed by atoms with Crippen molar-refractivity contribution in [3.05, 3.63) is 35.9 Å². The summed E-state index contributed by atoms with van der Waals surface area (Å²) >= 11 is 0. The Labute approximate surface area is 174 Å². The average Bonchev–Trinajstić information content (AvgIpc) is 2.66. The van der Waals surface area contributed by atoms with Crippen LogP contribution in [-0.2, 0) is 0 Å². The Morgan fingerprint density at radius 1 is 1.15 bits per heavy atom. The zero-order valence-electron chi connectivity index (χ0n) is 15.8. The van der Waals surface area contributed by atoms with Crippen LogP contribution < -0.4 is 16.0 Å². The van der Waals surface area contributed by atoms with Gasteiger partial charge < -0.3 is 20.9 Å². The van der Waals surface area contributed by atoms with Crippen LogP contribution in [0.5, 0.6) is 0 Å². The number of carbonyl (C=O) groups excluding carboxylic acids is 1. The number of rotatable bonds is 7. The Morgan fingerprint density at radius 2 is 1.81 bits per heavy atom. The molecule has 1 heterocycles. The predicted octanol–water partition coefficient (Wildman–Crippen LogP) is 2.07. The van der Waals surface area contributed by atoms with Crippen molar-refractivity contribution >= 4 is 35.8 Å². The van der Waals surface area contributed by atoms with Crippen molar-refractivity contribution in [2.24, 2.45) is 4.99 Å². The number of halogens is 1. The quantitative estimate of drug-likeness (QED) is 0.246. The Balaban J connectivity index is 0.00000338. The fraction of sp³-hybridized carbons (Fsp3) is 0.579. The first-order chi connectivity index (χ1) is 12.2. The highest BCUT2D eigenvalue weighted by atomic mass is 127. The molecule has 0 unspecified atom stereocenters. The van der Waals surface area contributed by atoms with Crippen molar-refractivity contribution in [3.63, 3.8) is 0 Å². The maximum atomic E-state index is 12.0. The smallest absolute Gasteiger partial charge is 0.251 e. The molecule has 1 aliphatic heterocycles. The van der Waals surface area contributed by atoms with E-state index in [1.807, 2.05) is 30.3 Å². The van der Waals surface area contributed by atoms with E-state index in [0.29, 0.717) is 24.7 Å². The lowest BCUT2D eigenvalue weighted by Crippen LogP contribution is -2.49. The molecule has 1 saturated heterocycles. The highest BCUT2D eigenvalue weighted by Gasteiger charge is 2.19. The zero-order chi connectivity index (χ0) is 17.9. The third-order valence-electron chi connectivity index (χ3n) is 4.43. The lowest BCUT2D eigenvalue weighted by Gasteiger charge is -2.32. The van der Waals surface area contributed by atoms with Crippen molar-refractivity contribution in [3.8, 4) is 0 Å². The van der Waals surface area contributed by atoms with E-state index in [2.05, 4.69) is 32.8 Å². The number of nitrogens with one attached hydrogen (secondary N) is 3. The van der Waals surface area contributed by atoms with Gasteiger partial charge in [-0.2, -0.15) is 0 Å². The minimum absolute atomic E-state index is 0. The van der Waals surface area contributed by atoms with Crippen LogP contribution in [0.1, 0.15) is 36.5 Å². The number of piperidine rings is 1. The predicted molar refractivity (Wildman–Crippen MR) is 118 cm³/mol. The molecule has 1 aromatic carbocycles. The first-order valence-corrected chi connectivity index (χ1v) is 9.25. The van der Waals surface area contributed by atoms with Crippen LogP contribution in [0.25, 0.3) is 0 Å². The van der Waals surface area contributed by atoms with E-state index in [-0.39, 0.29) is 29.9 Å². The van der Waals surface area contributed by atoms with Crippen molar-refractivity contribution in [2.45, 2.75) is 32.2 Å². The normalized spacial score (nSPS) is 15.8. The molecule has 1 aromatic rings. The maximum Gasteiger partial charge on any atom is 0.251 e. The van der Waals surface area contributed by atoms with Gasteiger partial charge in [0.2, 0.25) is 0 Å².